The first-order valence-corrected chi connectivity index (χ1v) is 6.02. The number of nitrogens with one attached hydrogen (secondary N) is 1. The maximum Gasteiger partial charge on any atom is 0.259 e. The first kappa shape index (κ1) is 13.9. The molecule has 4 nitrogen and oxygen atoms in total. The van der Waals surface area contributed by atoms with Crippen molar-refractivity contribution in [1.29, 1.82) is 0 Å². The van der Waals surface area contributed by atoms with E-state index in [4.69, 9.17) is 10.5 Å². The molecule has 0 aliphatic rings. The van der Waals surface area contributed by atoms with Crippen LogP contribution in [0.1, 0.15) is 15.9 Å². The van der Waals surface area contributed by atoms with Gasteiger partial charge in [0.15, 0.2) is 0 Å². The molecular weight excluding hydrogens is 259 g/mol. The standard InChI is InChI=1S/C15H15FN2O2/c1-9-7-11(4-6-13(9)16)18-15(19)12-5-3-10(17)8-14(12)20-2/h3-8H,17H2,1-2H3,(H,18,19). The molecule has 0 radical (unpaired) electrons. The van der Waals surface area contributed by atoms with Crippen LogP contribution in [-0.2, 0) is 0 Å². The van der Waals surface area contributed by atoms with Gasteiger partial charge in [-0.1, -0.05) is 0 Å². The quantitative estimate of drug-likeness (QED) is 0.846. The number of ether oxygens (including phenoxy) is 1. The normalized spacial score (nSPS) is 10.2. The molecule has 0 aliphatic carbocycles. The molecule has 0 saturated carbocycles. The number of rotatable bonds is 3. The summed E-state index contributed by atoms with van der Waals surface area (Å²) in [6, 6.07) is 9.16. The van der Waals surface area contributed by atoms with Crippen molar-refractivity contribution in [3.63, 3.8) is 0 Å². The average molecular weight is 274 g/mol. The molecule has 104 valence electrons. The van der Waals surface area contributed by atoms with Gasteiger partial charge in [-0.25, -0.2) is 4.39 Å². The lowest BCUT2D eigenvalue weighted by Gasteiger charge is -2.10. The molecular formula is C15H15FN2O2. The summed E-state index contributed by atoms with van der Waals surface area (Å²) < 4.78 is 18.3. The van der Waals surface area contributed by atoms with Gasteiger partial charge in [0.25, 0.3) is 5.91 Å². The number of methoxy groups -OCH3 is 1. The van der Waals surface area contributed by atoms with Crippen LogP contribution in [0.15, 0.2) is 36.4 Å². The minimum absolute atomic E-state index is 0.312. The van der Waals surface area contributed by atoms with E-state index in [2.05, 4.69) is 5.32 Å². The van der Waals surface area contributed by atoms with Gasteiger partial charge in [-0.2, -0.15) is 0 Å². The lowest BCUT2D eigenvalue weighted by molar-refractivity contribution is 0.102. The molecule has 0 fully saturated rings. The van der Waals surface area contributed by atoms with E-state index >= 15 is 0 Å². The van der Waals surface area contributed by atoms with Gasteiger partial charge in [0.05, 0.1) is 12.7 Å². The number of hydrogen-bond donors (Lipinski definition) is 2. The third kappa shape index (κ3) is 2.88. The summed E-state index contributed by atoms with van der Waals surface area (Å²) >= 11 is 0. The Morgan fingerprint density at radius 1 is 1.25 bits per heavy atom. The topological polar surface area (TPSA) is 64.3 Å². The Morgan fingerprint density at radius 2 is 2.00 bits per heavy atom. The number of carbonyl (C=O) groups excluding carboxylic acids is 1. The molecule has 1 amide bonds. The zero-order chi connectivity index (χ0) is 14.7. The van der Waals surface area contributed by atoms with E-state index < -0.39 is 0 Å². The minimum atomic E-state index is -0.340. The van der Waals surface area contributed by atoms with Crippen LogP contribution < -0.4 is 15.8 Å². The Hall–Kier alpha value is -2.56. The fourth-order valence-electron chi connectivity index (χ4n) is 1.82. The summed E-state index contributed by atoms with van der Waals surface area (Å²) in [5.74, 6) is -0.262. The van der Waals surface area contributed by atoms with E-state index in [1.807, 2.05) is 0 Å². The van der Waals surface area contributed by atoms with Crippen LogP contribution >= 0.6 is 0 Å². The predicted octanol–water partition coefficient (Wildman–Crippen LogP) is 2.98. The van der Waals surface area contributed by atoms with Gasteiger partial charge in [0.1, 0.15) is 11.6 Å². The largest absolute Gasteiger partial charge is 0.496 e. The molecule has 2 aromatic carbocycles. The second kappa shape index (κ2) is 5.61. The molecule has 0 bridgehead atoms. The van der Waals surface area contributed by atoms with E-state index in [0.717, 1.165) is 0 Å². The number of aryl methyl sites for hydroxylation is 1. The number of nitrogen functional groups attached to an aromatic ring is 1. The molecule has 0 heterocycles. The summed E-state index contributed by atoms with van der Waals surface area (Å²) in [6.45, 7) is 1.63. The van der Waals surface area contributed by atoms with E-state index in [-0.39, 0.29) is 11.7 Å². The van der Waals surface area contributed by atoms with Crippen molar-refractivity contribution in [2.45, 2.75) is 6.92 Å². The SMILES string of the molecule is COc1cc(N)ccc1C(=O)Nc1ccc(F)c(C)c1. The van der Waals surface area contributed by atoms with Crippen LogP contribution in [0.4, 0.5) is 15.8 Å². The van der Waals surface area contributed by atoms with Crippen LogP contribution in [0.2, 0.25) is 0 Å². The van der Waals surface area contributed by atoms with Gasteiger partial charge >= 0.3 is 0 Å². The molecule has 0 aromatic heterocycles. The molecule has 0 atom stereocenters. The number of nitrogens with two attached hydrogens (primary N) is 1. The highest BCUT2D eigenvalue weighted by Gasteiger charge is 2.13. The third-order valence-electron chi connectivity index (χ3n) is 2.89. The van der Waals surface area contributed by atoms with Crippen LogP contribution in [0.25, 0.3) is 0 Å². The molecule has 2 aromatic rings. The van der Waals surface area contributed by atoms with Crippen molar-refractivity contribution < 1.29 is 13.9 Å². The fourth-order valence-corrected chi connectivity index (χ4v) is 1.82. The molecule has 2 rings (SSSR count). The Labute approximate surface area is 116 Å². The summed E-state index contributed by atoms with van der Waals surface area (Å²) in [5.41, 5.74) is 7.50. The molecule has 0 saturated heterocycles. The van der Waals surface area contributed by atoms with Crippen molar-refractivity contribution in [1.82, 2.24) is 0 Å². The smallest absolute Gasteiger partial charge is 0.259 e. The lowest BCUT2D eigenvalue weighted by atomic mass is 10.1. The second-order valence-electron chi connectivity index (χ2n) is 4.38. The number of hydrogen-bond acceptors (Lipinski definition) is 3. The molecule has 0 spiro atoms. The third-order valence-corrected chi connectivity index (χ3v) is 2.89. The summed E-state index contributed by atoms with van der Waals surface area (Å²) in [4.78, 5) is 12.2. The fraction of sp³-hybridized carbons (Fsp3) is 0.133. The van der Waals surface area contributed by atoms with Gasteiger partial charge < -0.3 is 15.8 Å². The predicted molar refractivity (Wildman–Crippen MR) is 76.5 cm³/mol. The van der Waals surface area contributed by atoms with Crippen molar-refractivity contribution in [3.05, 3.63) is 53.3 Å². The van der Waals surface area contributed by atoms with Gasteiger partial charge in [0, 0.05) is 17.4 Å². The molecule has 0 aliphatic heterocycles. The molecule has 3 N–H and O–H groups in total. The van der Waals surface area contributed by atoms with Crippen molar-refractivity contribution in [3.8, 4) is 5.75 Å². The molecule has 0 unspecified atom stereocenters. The maximum absolute atomic E-state index is 13.2. The maximum atomic E-state index is 13.2. The first-order valence-electron chi connectivity index (χ1n) is 6.02. The zero-order valence-corrected chi connectivity index (χ0v) is 11.2. The highest BCUT2D eigenvalue weighted by Crippen LogP contribution is 2.23. The van der Waals surface area contributed by atoms with Gasteiger partial charge in [-0.05, 0) is 42.8 Å². The van der Waals surface area contributed by atoms with Gasteiger partial charge in [-0.3, -0.25) is 4.79 Å². The molecule has 5 heteroatoms. The average Bonchev–Trinajstić information content (AvgIpc) is 2.42. The lowest BCUT2D eigenvalue weighted by Crippen LogP contribution is -2.13. The second-order valence-corrected chi connectivity index (χ2v) is 4.38. The summed E-state index contributed by atoms with van der Waals surface area (Å²) in [5, 5.41) is 2.69. The zero-order valence-electron chi connectivity index (χ0n) is 11.2. The van der Waals surface area contributed by atoms with Crippen molar-refractivity contribution in [2.75, 3.05) is 18.2 Å². The van der Waals surface area contributed by atoms with Crippen LogP contribution in [-0.4, -0.2) is 13.0 Å². The number of amides is 1. The number of halogens is 1. The van der Waals surface area contributed by atoms with Crippen molar-refractivity contribution >= 4 is 17.3 Å². The highest BCUT2D eigenvalue weighted by atomic mass is 19.1. The Kier molecular flexibility index (Phi) is 3.89. The molecule has 20 heavy (non-hydrogen) atoms. The van der Waals surface area contributed by atoms with E-state index in [0.29, 0.717) is 28.3 Å². The number of anilines is 2. The Bertz CT molecular complexity index is 656. The van der Waals surface area contributed by atoms with Crippen LogP contribution in [0, 0.1) is 12.7 Å². The first-order chi connectivity index (χ1) is 9.51. The van der Waals surface area contributed by atoms with Gasteiger partial charge in [0.2, 0.25) is 0 Å². The highest BCUT2D eigenvalue weighted by molar-refractivity contribution is 6.06. The van der Waals surface area contributed by atoms with E-state index in [9.17, 15) is 9.18 Å². The number of benzene rings is 2. The number of carbonyl (C=O) groups is 1. The van der Waals surface area contributed by atoms with Crippen LogP contribution in [0.5, 0.6) is 5.75 Å². The summed E-state index contributed by atoms with van der Waals surface area (Å²) in [7, 11) is 1.47. The van der Waals surface area contributed by atoms with Crippen molar-refractivity contribution in [2.24, 2.45) is 0 Å². The van der Waals surface area contributed by atoms with E-state index in [1.165, 1.54) is 19.2 Å². The van der Waals surface area contributed by atoms with Gasteiger partial charge in [-0.15, -0.1) is 0 Å². The van der Waals surface area contributed by atoms with E-state index in [1.54, 1.807) is 31.2 Å². The summed E-state index contributed by atoms with van der Waals surface area (Å²) in [6.07, 6.45) is 0. The Balaban J connectivity index is 2.25. The monoisotopic (exact) mass is 274 g/mol. The minimum Gasteiger partial charge on any atom is -0.496 e. The Morgan fingerprint density at radius 3 is 2.65 bits per heavy atom. The van der Waals surface area contributed by atoms with Crippen LogP contribution in [0.3, 0.4) is 0 Å².